The Kier molecular flexibility index (Phi) is 43.7. The average Bonchev–Trinajstić information content (AvgIpc) is 3.19. The SMILES string of the molecule is CCCCCCCCCCCC(=O)OC[C@H](COC(=O)CCCCCCCCCCCCCCCCCCC(C)C)OC(=O)CCCCCCCCCCCC(C)C. The number of hydrogen-bond donors (Lipinski definition) is 0. The second kappa shape index (κ2) is 44.9. The molecule has 6 nitrogen and oxygen atoms in total. The van der Waals surface area contributed by atoms with Gasteiger partial charge in [0.05, 0.1) is 0 Å². The molecule has 0 aromatic carbocycles. The Hall–Kier alpha value is -1.59. The van der Waals surface area contributed by atoms with Crippen LogP contribution in [0.5, 0.6) is 0 Å². The fourth-order valence-corrected chi connectivity index (χ4v) is 7.81. The molecule has 0 N–H and O–H groups in total. The van der Waals surface area contributed by atoms with Crippen molar-refractivity contribution in [3.8, 4) is 0 Å². The Bertz CT molecular complexity index is 885. The Morgan fingerprint density at radius 1 is 0.328 bits per heavy atom. The zero-order chi connectivity index (χ0) is 42.6. The highest BCUT2D eigenvalue weighted by Crippen LogP contribution is 2.17. The molecule has 0 radical (unpaired) electrons. The smallest absolute Gasteiger partial charge is 0.306 e. The van der Waals surface area contributed by atoms with Crippen molar-refractivity contribution in [3.05, 3.63) is 0 Å². The van der Waals surface area contributed by atoms with Crippen LogP contribution >= 0.6 is 0 Å². The third-order valence-electron chi connectivity index (χ3n) is 11.7. The summed E-state index contributed by atoms with van der Waals surface area (Å²) < 4.78 is 16.8. The van der Waals surface area contributed by atoms with E-state index in [-0.39, 0.29) is 31.1 Å². The predicted molar refractivity (Wildman–Crippen MR) is 247 cm³/mol. The first-order valence-electron chi connectivity index (χ1n) is 25.7. The van der Waals surface area contributed by atoms with Gasteiger partial charge in [-0.1, -0.05) is 247 Å². The molecule has 0 saturated heterocycles. The first-order valence-corrected chi connectivity index (χ1v) is 25.7. The highest BCUT2D eigenvalue weighted by atomic mass is 16.6. The summed E-state index contributed by atoms with van der Waals surface area (Å²) in [4.78, 5) is 37.8. The number of hydrogen-bond acceptors (Lipinski definition) is 6. The number of rotatable bonds is 46. The third kappa shape index (κ3) is 45.5. The minimum atomic E-state index is -0.761. The lowest BCUT2D eigenvalue weighted by Gasteiger charge is -2.18. The molecule has 0 aromatic heterocycles. The van der Waals surface area contributed by atoms with Crippen molar-refractivity contribution >= 4 is 17.9 Å². The van der Waals surface area contributed by atoms with Crippen LogP contribution in [0.4, 0.5) is 0 Å². The van der Waals surface area contributed by atoms with Crippen LogP contribution < -0.4 is 0 Å². The average molecular weight is 821 g/mol. The Morgan fingerprint density at radius 3 is 0.845 bits per heavy atom. The van der Waals surface area contributed by atoms with Crippen LogP contribution in [-0.4, -0.2) is 37.2 Å². The summed E-state index contributed by atoms with van der Waals surface area (Å²) in [6.07, 6.45) is 45.3. The summed E-state index contributed by atoms with van der Waals surface area (Å²) in [5.74, 6) is 0.807. The van der Waals surface area contributed by atoms with Gasteiger partial charge in [0.25, 0.3) is 0 Å². The highest BCUT2D eigenvalue weighted by Gasteiger charge is 2.19. The first kappa shape index (κ1) is 56.4. The molecule has 0 aromatic rings. The van der Waals surface area contributed by atoms with Crippen LogP contribution in [0.1, 0.15) is 285 Å². The predicted octanol–water partition coefficient (Wildman–Crippen LogP) is 16.5. The summed E-state index contributed by atoms with van der Waals surface area (Å²) in [6, 6.07) is 0. The molecule has 0 rings (SSSR count). The van der Waals surface area contributed by atoms with E-state index in [2.05, 4.69) is 34.6 Å². The molecule has 1 atom stereocenters. The number of unbranched alkanes of at least 4 members (excludes halogenated alkanes) is 31. The molecule has 0 amide bonds. The Morgan fingerprint density at radius 2 is 0.569 bits per heavy atom. The zero-order valence-corrected chi connectivity index (χ0v) is 39.7. The van der Waals surface area contributed by atoms with Crippen LogP contribution in [0.2, 0.25) is 0 Å². The lowest BCUT2D eigenvalue weighted by Crippen LogP contribution is -2.30. The van der Waals surface area contributed by atoms with E-state index in [1.165, 1.54) is 173 Å². The molecular weight excluding hydrogens is 721 g/mol. The summed E-state index contributed by atoms with van der Waals surface area (Å²) in [5, 5.41) is 0. The van der Waals surface area contributed by atoms with Crippen LogP contribution in [0, 0.1) is 11.8 Å². The van der Waals surface area contributed by atoms with Gasteiger partial charge in [-0.3, -0.25) is 14.4 Å². The Balaban J connectivity index is 4.21. The maximum absolute atomic E-state index is 12.7. The number of carbonyl (C=O) groups excluding carboxylic acids is 3. The van der Waals surface area contributed by atoms with E-state index in [4.69, 9.17) is 14.2 Å². The molecule has 0 aliphatic rings. The van der Waals surface area contributed by atoms with Crippen molar-refractivity contribution in [1.82, 2.24) is 0 Å². The molecule has 0 fully saturated rings. The summed E-state index contributed by atoms with van der Waals surface area (Å²) in [5.41, 5.74) is 0. The molecule has 344 valence electrons. The maximum Gasteiger partial charge on any atom is 0.306 e. The first-order chi connectivity index (χ1) is 28.2. The second-order valence-corrected chi connectivity index (χ2v) is 18.8. The van der Waals surface area contributed by atoms with Gasteiger partial charge in [-0.05, 0) is 31.1 Å². The molecular formula is C52H100O6. The van der Waals surface area contributed by atoms with Gasteiger partial charge >= 0.3 is 17.9 Å². The van der Waals surface area contributed by atoms with E-state index >= 15 is 0 Å². The van der Waals surface area contributed by atoms with Gasteiger partial charge < -0.3 is 14.2 Å². The van der Waals surface area contributed by atoms with Crippen LogP contribution in [-0.2, 0) is 28.6 Å². The van der Waals surface area contributed by atoms with Crippen molar-refractivity contribution in [2.24, 2.45) is 11.8 Å². The fraction of sp³-hybridized carbons (Fsp3) is 0.942. The van der Waals surface area contributed by atoms with Crippen LogP contribution in [0.3, 0.4) is 0 Å². The van der Waals surface area contributed by atoms with E-state index < -0.39 is 6.10 Å². The van der Waals surface area contributed by atoms with Crippen molar-refractivity contribution in [2.75, 3.05) is 13.2 Å². The normalized spacial score (nSPS) is 12.1. The molecule has 0 spiro atoms. The molecule has 0 aliphatic carbocycles. The maximum atomic E-state index is 12.7. The van der Waals surface area contributed by atoms with E-state index in [0.717, 1.165) is 69.6 Å². The minimum absolute atomic E-state index is 0.0640. The lowest BCUT2D eigenvalue weighted by atomic mass is 10.0. The summed E-state index contributed by atoms with van der Waals surface area (Å²) in [6.45, 7) is 11.3. The molecule has 0 heterocycles. The standard InChI is InChI=1S/C52H100O6/c1-6-7-8-9-10-20-27-32-37-42-50(53)56-45-49(58-52(55)44-39-34-29-24-19-22-26-31-36-41-48(4)5)46-57-51(54)43-38-33-28-23-18-16-14-12-11-13-15-17-21-25-30-35-40-47(2)3/h47-49H,6-46H2,1-5H3/t49-/m1/s1. The van der Waals surface area contributed by atoms with E-state index in [1.807, 2.05) is 0 Å². The quantitative estimate of drug-likeness (QED) is 0.0346. The molecule has 58 heavy (non-hydrogen) atoms. The lowest BCUT2D eigenvalue weighted by molar-refractivity contribution is -0.167. The molecule has 0 aliphatic heterocycles. The topological polar surface area (TPSA) is 78.9 Å². The van der Waals surface area contributed by atoms with Gasteiger partial charge in [-0.15, -0.1) is 0 Å². The van der Waals surface area contributed by atoms with Crippen molar-refractivity contribution in [2.45, 2.75) is 291 Å². The second-order valence-electron chi connectivity index (χ2n) is 18.8. The molecule has 0 saturated carbocycles. The van der Waals surface area contributed by atoms with E-state index in [9.17, 15) is 14.4 Å². The highest BCUT2D eigenvalue weighted by molar-refractivity contribution is 5.71. The molecule has 0 unspecified atom stereocenters. The minimum Gasteiger partial charge on any atom is -0.462 e. The summed E-state index contributed by atoms with van der Waals surface area (Å²) in [7, 11) is 0. The number of esters is 3. The van der Waals surface area contributed by atoms with Gasteiger partial charge in [0, 0.05) is 19.3 Å². The zero-order valence-electron chi connectivity index (χ0n) is 39.7. The monoisotopic (exact) mass is 821 g/mol. The van der Waals surface area contributed by atoms with Crippen LogP contribution in [0.15, 0.2) is 0 Å². The van der Waals surface area contributed by atoms with E-state index in [1.54, 1.807) is 0 Å². The molecule has 6 heteroatoms. The van der Waals surface area contributed by atoms with Gasteiger partial charge in [-0.25, -0.2) is 0 Å². The van der Waals surface area contributed by atoms with Gasteiger partial charge in [0.1, 0.15) is 13.2 Å². The van der Waals surface area contributed by atoms with Crippen LogP contribution in [0.25, 0.3) is 0 Å². The van der Waals surface area contributed by atoms with Crippen molar-refractivity contribution in [3.63, 3.8) is 0 Å². The van der Waals surface area contributed by atoms with Crippen molar-refractivity contribution in [1.29, 1.82) is 0 Å². The van der Waals surface area contributed by atoms with E-state index in [0.29, 0.717) is 19.3 Å². The fourth-order valence-electron chi connectivity index (χ4n) is 7.81. The summed E-state index contributed by atoms with van der Waals surface area (Å²) >= 11 is 0. The largest absolute Gasteiger partial charge is 0.462 e. The van der Waals surface area contributed by atoms with Gasteiger partial charge in [-0.2, -0.15) is 0 Å². The molecule has 0 bridgehead atoms. The number of carbonyl (C=O) groups is 3. The van der Waals surface area contributed by atoms with Gasteiger partial charge in [0.2, 0.25) is 0 Å². The Labute approximate surface area is 361 Å². The number of ether oxygens (including phenoxy) is 3. The van der Waals surface area contributed by atoms with Gasteiger partial charge in [0.15, 0.2) is 6.10 Å². The van der Waals surface area contributed by atoms with Crippen molar-refractivity contribution < 1.29 is 28.6 Å². The third-order valence-corrected chi connectivity index (χ3v) is 11.7.